The summed E-state index contributed by atoms with van der Waals surface area (Å²) in [6.07, 6.45) is 6.79. The molecule has 0 radical (unpaired) electrons. The van der Waals surface area contributed by atoms with Crippen LogP contribution >= 0.6 is 0 Å². The summed E-state index contributed by atoms with van der Waals surface area (Å²) in [4.78, 5) is 0. The molecule has 0 bridgehead atoms. The summed E-state index contributed by atoms with van der Waals surface area (Å²) < 4.78 is 0. The zero-order chi connectivity index (χ0) is 11.6. The molecule has 90 valence electrons. The van der Waals surface area contributed by atoms with Crippen LogP contribution in [0.15, 0.2) is 24.3 Å². The fourth-order valence-electron chi connectivity index (χ4n) is 1.79. The van der Waals surface area contributed by atoms with Crippen LogP contribution in [-0.2, 0) is 6.54 Å². The standard InChI is InChI=1S/C15H25N/c1-3-4-5-6-7-12-16-13-15-10-8-14(2)9-11-15/h8-11,16H,3-7,12-13H2,1-2H3. The highest BCUT2D eigenvalue weighted by Crippen LogP contribution is 2.03. The number of nitrogens with one attached hydrogen (secondary N) is 1. The Kier molecular flexibility index (Phi) is 6.91. The van der Waals surface area contributed by atoms with E-state index in [1.54, 1.807) is 0 Å². The highest BCUT2D eigenvalue weighted by Gasteiger charge is 1.92. The van der Waals surface area contributed by atoms with Gasteiger partial charge in [-0.1, -0.05) is 62.4 Å². The molecule has 0 fully saturated rings. The first-order chi connectivity index (χ1) is 7.83. The average Bonchev–Trinajstić information content (AvgIpc) is 2.30. The lowest BCUT2D eigenvalue weighted by atomic mass is 10.1. The Morgan fingerprint density at radius 3 is 2.31 bits per heavy atom. The fourth-order valence-corrected chi connectivity index (χ4v) is 1.79. The van der Waals surface area contributed by atoms with Crippen LogP contribution in [0.4, 0.5) is 0 Å². The van der Waals surface area contributed by atoms with Gasteiger partial charge in [0, 0.05) is 6.54 Å². The zero-order valence-corrected chi connectivity index (χ0v) is 10.8. The molecule has 0 spiro atoms. The summed E-state index contributed by atoms with van der Waals surface area (Å²) in [6, 6.07) is 8.77. The van der Waals surface area contributed by atoms with Gasteiger partial charge in [0.1, 0.15) is 0 Å². The summed E-state index contributed by atoms with van der Waals surface area (Å²) >= 11 is 0. The van der Waals surface area contributed by atoms with E-state index in [2.05, 4.69) is 43.4 Å². The predicted molar refractivity (Wildman–Crippen MR) is 71.6 cm³/mol. The van der Waals surface area contributed by atoms with Crippen LogP contribution in [-0.4, -0.2) is 6.54 Å². The van der Waals surface area contributed by atoms with Crippen molar-refractivity contribution in [2.24, 2.45) is 0 Å². The van der Waals surface area contributed by atoms with Crippen molar-refractivity contribution in [1.82, 2.24) is 5.32 Å². The summed E-state index contributed by atoms with van der Waals surface area (Å²) in [7, 11) is 0. The lowest BCUT2D eigenvalue weighted by Crippen LogP contribution is -2.14. The molecule has 0 saturated carbocycles. The Labute approximate surface area is 100 Å². The number of rotatable bonds is 8. The fraction of sp³-hybridized carbons (Fsp3) is 0.600. The van der Waals surface area contributed by atoms with Crippen LogP contribution in [0.25, 0.3) is 0 Å². The second-order valence-electron chi connectivity index (χ2n) is 4.58. The molecule has 0 aliphatic carbocycles. The molecule has 0 aromatic heterocycles. The van der Waals surface area contributed by atoms with Gasteiger partial charge in [-0.05, 0) is 25.5 Å². The lowest BCUT2D eigenvalue weighted by molar-refractivity contribution is 0.583. The van der Waals surface area contributed by atoms with Crippen molar-refractivity contribution in [1.29, 1.82) is 0 Å². The largest absolute Gasteiger partial charge is 0.313 e. The van der Waals surface area contributed by atoms with Crippen LogP contribution in [0.3, 0.4) is 0 Å². The molecule has 0 aliphatic rings. The third-order valence-electron chi connectivity index (χ3n) is 2.91. The van der Waals surface area contributed by atoms with Crippen molar-refractivity contribution in [3.05, 3.63) is 35.4 Å². The van der Waals surface area contributed by atoms with Crippen molar-refractivity contribution in [3.8, 4) is 0 Å². The van der Waals surface area contributed by atoms with Crippen LogP contribution in [0, 0.1) is 6.92 Å². The van der Waals surface area contributed by atoms with Gasteiger partial charge < -0.3 is 5.32 Å². The maximum absolute atomic E-state index is 3.50. The first kappa shape index (κ1) is 13.2. The van der Waals surface area contributed by atoms with Gasteiger partial charge in [-0.15, -0.1) is 0 Å². The second-order valence-corrected chi connectivity index (χ2v) is 4.58. The SMILES string of the molecule is CCCCCCCNCc1ccc(C)cc1. The number of aryl methyl sites for hydroxylation is 1. The van der Waals surface area contributed by atoms with Gasteiger partial charge in [-0.3, -0.25) is 0 Å². The molecular formula is C15H25N. The van der Waals surface area contributed by atoms with Crippen molar-refractivity contribution >= 4 is 0 Å². The van der Waals surface area contributed by atoms with Crippen LogP contribution in [0.2, 0.25) is 0 Å². The van der Waals surface area contributed by atoms with E-state index in [9.17, 15) is 0 Å². The second kappa shape index (κ2) is 8.35. The molecule has 0 unspecified atom stereocenters. The number of benzene rings is 1. The quantitative estimate of drug-likeness (QED) is 0.650. The van der Waals surface area contributed by atoms with E-state index >= 15 is 0 Å². The molecule has 1 aromatic rings. The van der Waals surface area contributed by atoms with E-state index in [0.29, 0.717) is 0 Å². The van der Waals surface area contributed by atoms with Crippen LogP contribution in [0.1, 0.15) is 50.2 Å². The summed E-state index contributed by atoms with van der Waals surface area (Å²) in [6.45, 7) is 6.55. The van der Waals surface area contributed by atoms with E-state index in [1.807, 2.05) is 0 Å². The molecular weight excluding hydrogens is 194 g/mol. The molecule has 0 saturated heterocycles. The average molecular weight is 219 g/mol. The number of hydrogen-bond acceptors (Lipinski definition) is 1. The van der Waals surface area contributed by atoms with E-state index in [-0.39, 0.29) is 0 Å². The Balaban J connectivity index is 2.01. The minimum Gasteiger partial charge on any atom is -0.313 e. The van der Waals surface area contributed by atoms with Gasteiger partial charge in [0.2, 0.25) is 0 Å². The minimum absolute atomic E-state index is 1.01. The molecule has 1 nitrogen and oxygen atoms in total. The third-order valence-corrected chi connectivity index (χ3v) is 2.91. The summed E-state index contributed by atoms with van der Waals surface area (Å²) in [5.74, 6) is 0. The maximum Gasteiger partial charge on any atom is 0.0205 e. The summed E-state index contributed by atoms with van der Waals surface area (Å²) in [5, 5.41) is 3.50. The molecule has 1 heteroatoms. The zero-order valence-electron chi connectivity index (χ0n) is 10.8. The Morgan fingerprint density at radius 1 is 0.938 bits per heavy atom. The number of unbranched alkanes of at least 4 members (excludes halogenated alkanes) is 4. The molecule has 16 heavy (non-hydrogen) atoms. The topological polar surface area (TPSA) is 12.0 Å². The van der Waals surface area contributed by atoms with Crippen molar-refractivity contribution in [3.63, 3.8) is 0 Å². The van der Waals surface area contributed by atoms with E-state index in [4.69, 9.17) is 0 Å². The van der Waals surface area contributed by atoms with Crippen molar-refractivity contribution < 1.29 is 0 Å². The van der Waals surface area contributed by atoms with Gasteiger partial charge in [-0.2, -0.15) is 0 Å². The Morgan fingerprint density at radius 2 is 1.62 bits per heavy atom. The minimum atomic E-state index is 1.01. The Bertz CT molecular complexity index is 263. The normalized spacial score (nSPS) is 10.6. The van der Waals surface area contributed by atoms with E-state index < -0.39 is 0 Å². The predicted octanol–water partition coefficient (Wildman–Crippen LogP) is 4.06. The maximum atomic E-state index is 3.50. The van der Waals surface area contributed by atoms with Gasteiger partial charge >= 0.3 is 0 Å². The van der Waals surface area contributed by atoms with E-state index in [1.165, 1.54) is 43.2 Å². The third kappa shape index (κ3) is 5.92. The highest BCUT2D eigenvalue weighted by atomic mass is 14.8. The van der Waals surface area contributed by atoms with Crippen LogP contribution < -0.4 is 5.32 Å². The van der Waals surface area contributed by atoms with Gasteiger partial charge in [0.25, 0.3) is 0 Å². The van der Waals surface area contributed by atoms with Gasteiger partial charge in [0.05, 0.1) is 0 Å². The molecule has 0 atom stereocenters. The molecule has 0 heterocycles. The smallest absolute Gasteiger partial charge is 0.0205 e. The Hall–Kier alpha value is -0.820. The van der Waals surface area contributed by atoms with Crippen LogP contribution in [0.5, 0.6) is 0 Å². The van der Waals surface area contributed by atoms with Gasteiger partial charge in [-0.25, -0.2) is 0 Å². The molecule has 1 aromatic carbocycles. The molecule has 0 aliphatic heterocycles. The molecule has 0 amide bonds. The number of hydrogen-bond donors (Lipinski definition) is 1. The van der Waals surface area contributed by atoms with Gasteiger partial charge in [0.15, 0.2) is 0 Å². The first-order valence-electron chi connectivity index (χ1n) is 6.59. The lowest BCUT2D eigenvalue weighted by Gasteiger charge is -2.05. The monoisotopic (exact) mass is 219 g/mol. The van der Waals surface area contributed by atoms with Crippen molar-refractivity contribution in [2.75, 3.05) is 6.54 Å². The first-order valence-corrected chi connectivity index (χ1v) is 6.59. The van der Waals surface area contributed by atoms with Crippen molar-refractivity contribution in [2.45, 2.75) is 52.5 Å². The molecule has 1 N–H and O–H groups in total. The summed E-state index contributed by atoms with van der Waals surface area (Å²) in [5.41, 5.74) is 2.72. The molecule has 1 rings (SSSR count). The van der Waals surface area contributed by atoms with E-state index in [0.717, 1.165) is 13.1 Å². The highest BCUT2D eigenvalue weighted by molar-refractivity contribution is 5.20.